The van der Waals surface area contributed by atoms with E-state index in [1.54, 1.807) is 0 Å². The predicted molar refractivity (Wildman–Crippen MR) is 73.9 cm³/mol. The van der Waals surface area contributed by atoms with Crippen molar-refractivity contribution in [3.8, 4) is 5.75 Å². The molecule has 0 saturated carbocycles. The number of nitrogens with one attached hydrogen (secondary N) is 1. The van der Waals surface area contributed by atoms with E-state index in [0.717, 1.165) is 5.56 Å². The van der Waals surface area contributed by atoms with E-state index in [4.69, 9.17) is 4.74 Å². The first-order valence-electron chi connectivity index (χ1n) is 6.20. The Hall–Kier alpha value is -2.23. The number of carbonyl (C=O) groups excluding carboxylic acids is 1. The van der Waals surface area contributed by atoms with Crippen LogP contribution in [-0.2, 0) is 18.4 Å². The molecule has 0 unspecified atom stereocenters. The third-order valence-electron chi connectivity index (χ3n) is 2.77. The van der Waals surface area contributed by atoms with Crippen molar-refractivity contribution in [1.29, 1.82) is 0 Å². The third-order valence-corrected chi connectivity index (χ3v) is 2.77. The minimum Gasteiger partial charge on any atom is -0.484 e. The summed E-state index contributed by atoms with van der Waals surface area (Å²) in [4.78, 5) is 11.6. The average molecular weight is 258 g/mol. The molecule has 1 amide bonds. The lowest BCUT2D eigenvalue weighted by Crippen LogP contribution is -2.28. The van der Waals surface area contributed by atoms with Gasteiger partial charge in [-0.15, -0.1) is 0 Å². The molecule has 1 aromatic carbocycles. The number of carbonyl (C=O) groups is 1. The summed E-state index contributed by atoms with van der Waals surface area (Å²) < 4.78 is 7.35. The van der Waals surface area contributed by atoms with Gasteiger partial charge in [-0.2, -0.15) is 0 Å². The van der Waals surface area contributed by atoms with Gasteiger partial charge in [0, 0.05) is 26.0 Å². The number of benzene rings is 1. The van der Waals surface area contributed by atoms with Crippen LogP contribution >= 0.6 is 0 Å². The second kappa shape index (κ2) is 6.09. The van der Waals surface area contributed by atoms with E-state index in [9.17, 15) is 4.79 Å². The van der Waals surface area contributed by atoms with Crippen LogP contribution in [0, 0.1) is 6.92 Å². The fourth-order valence-electron chi connectivity index (χ4n) is 1.70. The lowest BCUT2D eigenvalue weighted by molar-refractivity contribution is -0.123. The Kier molecular flexibility index (Phi) is 4.23. The van der Waals surface area contributed by atoms with Gasteiger partial charge >= 0.3 is 0 Å². The number of aromatic nitrogens is 1. The fraction of sp³-hybridized carbons (Fsp3) is 0.267. The Bertz CT molecular complexity index is 544. The monoisotopic (exact) mass is 258 g/mol. The zero-order valence-electron chi connectivity index (χ0n) is 11.2. The molecule has 0 aliphatic heterocycles. The van der Waals surface area contributed by atoms with Crippen molar-refractivity contribution in [2.24, 2.45) is 7.05 Å². The highest BCUT2D eigenvalue weighted by Gasteiger charge is 2.03. The number of aryl methyl sites for hydroxylation is 2. The molecule has 0 fully saturated rings. The largest absolute Gasteiger partial charge is 0.484 e. The highest BCUT2D eigenvalue weighted by Crippen LogP contribution is 2.10. The van der Waals surface area contributed by atoms with Gasteiger partial charge in [0.1, 0.15) is 5.75 Å². The molecule has 0 spiro atoms. The highest BCUT2D eigenvalue weighted by molar-refractivity contribution is 5.77. The number of hydrogen-bond donors (Lipinski definition) is 1. The number of hydrogen-bond acceptors (Lipinski definition) is 2. The van der Waals surface area contributed by atoms with Crippen LogP contribution in [0.1, 0.15) is 11.1 Å². The van der Waals surface area contributed by atoms with Crippen molar-refractivity contribution < 1.29 is 9.53 Å². The predicted octanol–water partition coefficient (Wildman–Crippen LogP) is 2.03. The normalized spacial score (nSPS) is 10.2. The molecule has 0 aliphatic rings. The summed E-state index contributed by atoms with van der Waals surface area (Å²) >= 11 is 0. The molecular weight excluding hydrogens is 240 g/mol. The molecule has 0 radical (unpaired) electrons. The van der Waals surface area contributed by atoms with Crippen LogP contribution in [0.5, 0.6) is 5.75 Å². The zero-order valence-corrected chi connectivity index (χ0v) is 11.2. The van der Waals surface area contributed by atoms with Crippen molar-refractivity contribution in [3.05, 3.63) is 53.9 Å². The Morgan fingerprint density at radius 3 is 2.63 bits per heavy atom. The SMILES string of the molecule is Cc1ccc(OCC(=O)NCc2ccn(C)c2)cc1. The summed E-state index contributed by atoms with van der Waals surface area (Å²) in [7, 11) is 1.95. The summed E-state index contributed by atoms with van der Waals surface area (Å²) in [6.45, 7) is 2.57. The maximum atomic E-state index is 11.6. The van der Waals surface area contributed by atoms with Crippen LogP contribution in [0.3, 0.4) is 0 Å². The molecule has 4 nitrogen and oxygen atoms in total. The molecular formula is C15H18N2O2. The van der Waals surface area contributed by atoms with E-state index >= 15 is 0 Å². The highest BCUT2D eigenvalue weighted by atomic mass is 16.5. The third kappa shape index (κ3) is 4.17. The summed E-state index contributed by atoms with van der Waals surface area (Å²) in [5, 5.41) is 2.82. The minimum atomic E-state index is -0.121. The van der Waals surface area contributed by atoms with E-state index in [0.29, 0.717) is 12.3 Å². The first kappa shape index (κ1) is 13.2. The maximum absolute atomic E-state index is 11.6. The van der Waals surface area contributed by atoms with Crippen molar-refractivity contribution in [3.63, 3.8) is 0 Å². The Morgan fingerprint density at radius 1 is 1.26 bits per heavy atom. The molecule has 2 rings (SSSR count). The molecule has 1 N–H and O–H groups in total. The van der Waals surface area contributed by atoms with Gasteiger partial charge in [-0.1, -0.05) is 17.7 Å². The smallest absolute Gasteiger partial charge is 0.258 e. The van der Waals surface area contributed by atoms with Crippen LogP contribution in [0.2, 0.25) is 0 Å². The number of ether oxygens (including phenoxy) is 1. The molecule has 19 heavy (non-hydrogen) atoms. The van der Waals surface area contributed by atoms with Crippen LogP contribution in [0.25, 0.3) is 0 Å². The van der Waals surface area contributed by atoms with Crippen LogP contribution < -0.4 is 10.1 Å². The zero-order chi connectivity index (χ0) is 13.7. The average Bonchev–Trinajstić information content (AvgIpc) is 2.81. The van der Waals surface area contributed by atoms with E-state index < -0.39 is 0 Å². The molecule has 4 heteroatoms. The summed E-state index contributed by atoms with van der Waals surface area (Å²) in [5.74, 6) is 0.588. The van der Waals surface area contributed by atoms with Gasteiger partial charge in [-0.25, -0.2) is 0 Å². The fourth-order valence-corrected chi connectivity index (χ4v) is 1.70. The number of nitrogens with zero attached hydrogens (tertiary/aromatic N) is 1. The van der Waals surface area contributed by atoms with Gasteiger partial charge < -0.3 is 14.6 Å². The van der Waals surface area contributed by atoms with E-state index in [1.165, 1.54) is 5.56 Å². The Labute approximate surface area is 113 Å². The standard InChI is InChI=1S/C15H18N2O2/c1-12-3-5-14(6-4-12)19-11-15(18)16-9-13-7-8-17(2)10-13/h3-8,10H,9,11H2,1-2H3,(H,16,18). The number of rotatable bonds is 5. The van der Waals surface area contributed by atoms with Gasteiger partial charge in [0.25, 0.3) is 5.91 Å². The quantitative estimate of drug-likeness (QED) is 0.891. The molecule has 1 aromatic heterocycles. The van der Waals surface area contributed by atoms with E-state index in [1.807, 2.05) is 61.3 Å². The second-order valence-electron chi connectivity index (χ2n) is 4.56. The van der Waals surface area contributed by atoms with Crippen LogP contribution in [0.15, 0.2) is 42.7 Å². The van der Waals surface area contributed by atoms with Crippen molar-refractivity contribution in [2.75, 3.05) is 6.61 Å². The van der Waals surface area contributed by atoms with Gasteiger partial charge in [-0.05, 0) is 30.7 Å². The summed E-state index contributed by atoms with van der Waals surface area (Å²) in [5.41, 5.74) is 2.24. The van der Waals surface area contributed by atoms with E-state index in [2.05, 4.69) is 5.32 Å². The molecule has 0 bridgehead atoms. The molecule has 0 atom stereocenters. The maximum Gasteiger partial charge on any atom is 0.258 e. The van der Waals surface area contributed by atoms with Crippen molar-refractivity contribution in [1.82, 2.24) is 9.88 Å². The minimum absolute atomic E-state index is 0.0376. The first-order valence-corrected chi connectivity index (χ1v) is 6.20. The van der Waals surface area contributed by atoms with Crippen molar-refractivity contribution >= 4 is 5.91 Å². The summed E-state index contributed by atoms with van der Waals surface area (Å²) in [6, 6.07) is 9.61. The van der Waals surface area contributed by atoms with Gasteiger partial charge in [-0.3, -0.25) is 4.79 Å². The molecule has 0 saturated heterocycles. The lowest BCUT2D eigenvalue weighted by atomic mass is 10.2. The number of amides is 1. The van der Waals surface area contributed by atoms with Gasteiger partial charge in [0.15, 0.2) is 6.61 Å². The second-order valence-corrected chi connectivity index (χ2v) is 4.56. The molecule has 0 aliphatic carbocycles. The van der Waals surface area contributed by atoms with Crippen molar-refractivity contribution in [2.45, 2.75) is 13.5 Å². The Morgan fingerprint density at radius 2 is 2.00 bits per heavy atom. The topological polar surface area (TPSA) is 43.3 Å². The lowest BCUT2D eigenvalue weighted by Gasteiger charge is -2.07. The molecule has 100 valence electrons. The molecule has 2 aromatic rings. The van der Waals surface area contributed by atoms with Gasteiger partial charge in [0.2, 0.25) is 0 Å². The van der Waals surface area contributed by atoms with E-state index in [-0.39, 0.29) is 12.5 Å². The molecule has 1 heterocycles. The van der Waals surface area contributed by atoms with Crippen LogP contribution in [0.4, 0.5) is 0 Å². The van der Waals surface area contributed by atoms with Gasteiger partial charge in [0.05, 0.1) is 0 Å². The first-order chi connectivity index (χ1) is 9.13. The van der Waals surface area contributed by atoms with Crippen LogP contribution in [-0.4, -0.2) is 17.1 Å². The Balaban J connectivity index is 1.74. The summed E-state index contributed by atoms with van der Waals surface area (Å²) in [6.07, 6.45) is 3.92.